The summed E-state index contributed by atoms with van der Waals surface area (Å²) in [5.41, 5.74) is 12.9. The fourth-order valence-electron chi connectivity index (χ4n) is 2.41. The minimum absolute atomic E-state index is 0.0805. The number of carbonyl (C=O) groups excluding carboxylic acids is 1. The number of carbonyl (C=O) groups is 1. The minimum atomic E-state index is -0.0805. The molecule has 1 aromatic rings. The lowest BCUT2D eigenvalue weighted by Gasteiger charge is -2.13. The van der Waals surface area contributed by atoms with Crippen molar-refractivity contribution < 1.29 is 4.79 Å². The first-order valence-corrected chi connectivity index (χ1v) is 6.01. The van der Waals surface area contributed by atoms with Gasteiger partial charge in [-0.2, -0.15) is 0 Å². The summed E-state index contributed by atoms with van der Waals surface area (Å²) in [4.78, 5) is 12.0. The van der Waals surface area contributed by atoms with Gasteiger partial charge in [0.05, 0.1) is 0 Å². The van der Waals surface area contributed by atoms with Gasteiger partial charge in [0.2, 0.25) is 0 Å². The highest BCUT2D eigenvalue weighted by Crippen LogP contribution is 2.25. The quantitative estimate of drug-likeness (QED) is 0.681. The van der Waals surface area contributed by atoms with Crippen LogP contribution in [0.1, 0.15) is 36.5 Å². The number of benzene rings is 1. The second-order valence-electron chi connectivity index (χ2n) is 4.98. The molecule has 0 radical (unpaired) electrons. The molecule has 1 fully saturated rings. The van der Waals surface area contributed by atoms with Gasteiger partial charge in [-0.3, -0.25) is 4.79 Å². The first-order valence-electron chi connectivity index (χ1n) is 6.01. The van der Waals surface area contributed by atoms with Gasteiger partial charge < -0.3 is 16.8 Å². The average molecular weight is 233 g/mol. The highest BCUT2D eigenvalue weighted by atomic mass is 16.1. The van der Waals surface area contributed by atoms with Crippen molar-refractivity contribution in [3.8, 4) is 0 Å². The first-order chi connectivity index (χ1) is 8.04. The second kappa shape index (κ2) is 4.65. The van der Waals surface area contributed by atoms with E-state index in [1.807, 2.05) is 0 Å². The Morgan fingerprint density at radius 3 is 2.41 bits per heavy atom. The van der Waals surface area contributed by atoms with Crippen molar-refractivity contribution in [2.24, 2.45) is 5.92 Å². The number of nitrogen functional groups attached to an aromatic ring is 2. The smallest absolute Gasteiger partial charge is 0.251 e. The molecule has 1 aromatic carbocycles. The summed E-state index contributed by atoms with van der Waals surface area (Å²) >= 11 is 0. The van der Waals surface area contributed by atoms with Crippen LogP contribution in [0.2, 0.25) is 0 Å². The number of hydrogen-bond acceptors (Lipinski definition) is 3. The molecule has 0 spiro atoms. The number of rotatable bonds is 2. The molecule has 0 bridgehead atoms. The van der Waals surface area contributed by atoms with Crippen molar-refractivity contribution in [2.45, 2.75) is 32.2 Å². The number of nitrogens with two attached hydrogens (primary N) is 2. The van der Waals surface area contributed by atoms with Gasteiger partial charge in [-0.1, -0.05) is 6.92 Å². The molecule has 1 aliphatic rings. The van der Waals surface area contributed by atoms with E-state index in [-0.39, 0.29) is 5.91 Å². The number of anilines is 2. The summed E-state index contributed by atoms with van der Waals surface area (Å²) < 4.78 is 0. The molecule has 4 nitrogen and oxygen atoms in total. The normalized spacial score (nSPS) is 23.6. The summed E-state index contributed by atoms with van der Waals surface area (Å²) in [6.45, 7) is 2.21. The zero-order valence-corrected chi connectivity index (χ0v) is 10.1. The summed E-state index contributed by atoms with van der Waals surface area (Å²) in [6.07, 6.45) is 3.30. The maximum absolute atomic E-state index is 12.0. The Bertz CT molecular complexity index is 410. The van der Waals surface area contributed by atoms with E-state index in [1.165, 1.54) is 6.42 Å². The molecular formula is C13H19N3O. The molecule has 2 rings (SSSR count). The summed E-state index contributed by atoms with van der Waals surface area (Å²) in [6, 6.07) is 5.25. The molecule has 0 saturated heterocycles. The zero-order chi connectivity index (χ0) is 12.4. The van der Waals surface area contributed by atoms with Crippen molar-refractivity contribution in [2.75, 3.05) is 11.5 Å². The predicted molar refractivity (Wildman–Crippen MR) is 69.5 cm³/mol. The monoisotopic (exact) mass is 233 g/mol. The van der Waals surface area contributed by atoms with Crippen LogP contribution in [0.4, 0.5) is 11.4 Å². The maximum atomic E-state index is 12.0. The van der Waals surface area contributed by atoms with Gasteiger partial charge in [0.15, 0.2) is 0 Å². The van der Waals surface area contributed by atoms with Gasteiger partial charge in [0.1, 0.15) is 0 Å². The lowest BCUT2D eigenvalue weighted by atomic mass is 10.1. The van der Waals surface area contributed by atoms with Crippen LogP contribution in [0.5, 0.6) is 0 Å². The van der Waals surface area contributed by atoms with E-state index in [2.05, 4.69) is 12.2 Å². The average Bonchev–Trinajstić information content (AvgIpc) is 2.62. The number of hydrogen-bond donors (Lipinski definition) is 3. The van der Waals surface area contributed by atoms with Crippen molar-refractivity contribution >= 4 is 17.3 Å². The van der Waals surface area contributed by atoms with Gasteiger partial charge in [0.25, 0.3) is 5.91 Å². The van der Waals surface area contributed by atoms with Crippen LogP contribution in [-0.4, -0.2) is 11.9 Å². The molecule has 17 heavy (non-hydrogen) atoms. The van der Waals surface area contributed by atoms with Crippen molar-refractivity contribution in [3.05, 3.63) is 23.8 Å². The molecular weight excluding hydrogens is 214 g/mol. The molecule has 1 aliphatic carbocycles. The first kappa shape index (κ1) is 11.8. The van der Waals surface area contributed by atoms with E-state index < -0.39 is 0 Å². The summed E-state index contributed by atoms with van der Waals surface area (Å²) in [5, 5.41) is 3.03. The molecule has 1 saturated carbocycles. The highest BCUT2D eigenvalue weighted by Gasteiger charge is 2.23. The molecule has 0 aliphatic heterocycles. The van der Waals surface area contributed by atoms with Gasteiger partial charge in [-0.25, -0.2) is 0 Å². The standard InChI is InChI=1S/C13H19N3O/c1-8-2-3-12(4-8)16-13(17)9-5-10(14)7-11(15)6-9/h5-8,12H,2-4,14-15H2,1H3,(H,16,17). The second-order valence-corrected chi connectivity index (χ2v) is 4.98. The molecule has 0 aromatic heterocycles. The number of amides is 1. The molecule has 4 heteroatoms. The minimum Gasteiger partial charge on any atom is -0.399 e. The van der Waals surface area contributed by atoms with Crippen LogP contribution in [0, 0.1) is 5.92 Å². The molecule has 1 amide bonds. The van der Waals surface area contributed by atoms with Crippen LogP contribution in [-0.2, 0) is 0 Å². The molecule has 2 unspecified atom stereocenters. The van der Waals surface area contributed by atoms with Gasteiger partial charge in [-0.05, 0) is 43.4 Å². The Kier molecular flexibility index (Phi) is 3.22. The maximum Gasteiger partial charge on any atom is 0.251 e. The highest BCUT2D eigenvalue weighted by molar-refractivity contribution is 5.96. The van der Waals surface area contributed by atoms with E-state index in [9.17, 15) is 4.79 Å². The summed E-state index contributed by atoms with van der Waals surface area (Å²) in [7, 11) is 0. The number of nitrogens with one attached hydrogen (secondary N) is 1. The van der Waals surface area contributed by atoms with Gasteiger partial charge >= 0.3 is 0 Å². The van der Waals surface area contributed by atoms with Crippen molar-refractivity contribution in [1.29, 1.82) is 0 Å². The van der Waals surface area contributed by atoms with Crippen molar-refractivity contribution in [3.63, 3.8) is 0 Å². The van der Waals surface area contributed by atoms with Gasteiger partial charge in [-0.15, -0.1) is 0 Å². The molecule has 5 N–H and O–H groups in total. The Morgan fingerprint density at radius 2 is 1.88 bits per heavy atom. The van der Waals surface area contributed by atoms with Crippen LogP contribution in [0.3, 0.4) is 0 Å². The van der Waals surface area contributed by atoms with E-state index >= 15 is 0 Å². The lowest BCUT2D eigenvalue weighted by Crippen LogP contribution is -2.32. The Labute approximate surface area is 101 Å². The third-order valence-corrected chi connectivity index (χ3v) is 3.27. The zero-order valence-electron chi connectivity index (χ0n) is 10.1. The van der Waals surface area contributed by atoms with E-state index in [1.54, 1.807) is 18.2 Å². The Hall–Kier alpha value is -1.71. The van der Waals surface area contributed by atoms with E-state index in [0.717, 1.165) is 12.8 Å². The molecule has 0 heterocycles. The fourth-order valence-corrected chi connectivity index (χ4v) is 2.41. The van der Waals surface area contributed by atoms with Crippen LogP contribution in [0.15, 0.2) is 18.2 Å². The van der Waals surface area contributed by atoms with Crippen LogP contribution < -0.4 is 16.8 Å². The largest absolute Gasteiger partial charge is 0.399 e. The van der Waals surface area contributed by atoms with E-state index in [4.69, 9.17) is 11.5 Å². The van der Waals surface area contributed by atoms with Crippen molar-refractivity contribution in [1.82, 2.24) is 5.32 Å². The van der Waals surface area contributed by atoms with E-state index in [0.29, 0.717) is 28.9 Å². The summed E-state index contributed by atoms with van der Waals surface area (Å²) in [5.74, 6) is 0.620. The topological polar surface area (TPSA) is 81.1 Å². The molecule has 2 atom stereocenters. The fraction of sp³-hybridized carbons (Fsp3) is 0.462. The van der Waals surface area contributed by atoms with Crippen LogP contribution in [0.25, 0.3) is 0 Å². The van der Waals surface area contributed by atoms with Gasteiger partial charge in [0, 0.05) is 23.0 Å². The Balaban J connectivity index is 2.04. The SMILES string of the molecule is CC1CCC(NC(=O)c2cc(N)cc(N)c2)C1. The third kappa shape index (κ3) is 2.90. The Morgan fingerprint density at radius 1 is 1.24 bits per heavy atom. The molecule has 92 valence electrons. The van der Waals surface area contributed by atoms with Crippen LogP contribution >= 0.6 is 0 Å². The lowest BCUT2D eigenvalue weighted by molar-refractivity contribution is 0.0937. The predicted octanol–water partition coefficient (Wildman–Crippen LogP) is 1.77. The third-order valence-electron chi connectivity index (χ3n) is 3.27.